The Labute approximate surface area is 124 Å². The molecule has 6 heteroatoms. The third-order valence-corrected chi connectivity index (χ3v) is 3.33. The van der Waals surface area contributed by atoms with Crippen LogP contribution in [0, 0.1) is 0 Å². The predicted octanol–water partition coefficient (Wildman–Crippen LogP) is 1.27. The Morgan fingerprint density at radius 2 is 1.95 bits per heavy atom. The minimum absolute atomic E-state index is 0.0863. The number of rotatable bonds is 5. The third kappa shape index (κ3) is 4.75. The summed E-state index contributed by atoms with van der Waals surface area (Å²) in [7, 11) is 3.64. The lowest BCUT2D eigenvalue weighted by atomic mass is 10.1. The molecule has 1 fully saturated rings. The van der Waals surface area contributed by atoms with Crippen molar-refractivity contribution in [3.05, 3.63) is 24.3 Å². The first-order valence-corrected chi connectivity index (χ1v) is 6.97. The van der Waals surface area contributed by atoms with Crippen molar-refractivity contribution in [2.75, 3.05) is 33.9 Å². The lowest BCUT2D eigenvalue weighted by molar-refractivity contribution is -0.123. The number of hydrazone groups is 1. The fourth-order valence-electron chi connectivity index (χ4n) is 2.04. The van der Waals surface area contributed by atoms with E-state index >= 15 is 0 Å². The fraction of sp³-hybridized carbons (Fsp3) is 0.467. The molecule has 114 valence electrons. The van der Waals surface area contributed by atoms with Crippen molar-refractivity contribution >= 4 is 11.6 Å². The molecule has 1 heterocycles. The van der Waals surface area contributed by atoms with Gasteiger partial charge in [-0.2, -0.15) is 5.10 Å². The molecule has 1 aromatic carbocycles. The number of benzene rings is 1. The third-order valence-electron chi connectivity index (χ3n) is 3.33. The zero-order valence-corrected chi connectivity index (χ0v) is 12.5. The highest BCUT2D eigenvalue weighted by atomic mass is 16.5. The molecule has 21 heavy (non-hydrogen) atoms. The van der Waals surface area contributed by atoms with Crippen LogP contribution in [0.25, 0.3) is 0 Å². The highest BCUT2D eigenvalue weighted by Crippen LogP contribution is 2.25. The molecule has 1 aromatic rings. The number of piperidine rings is 1. The van der Waals surface area contributed by atoms with E-state index in [1.54, 1.807) is 19.2 Å². The van der Waals surface area contributed by atoms with E-state index in [4.69, 9.17) is 9.47 Å². The van der Waals surface area contributed by atoms with E-state index in [0.717, 1.165) is 31.6 Å². The smallest absolute Gasteiger partial charge is 0.277 e. The van der Waals surface area contributed by atoms with Gasteiger partial charge in [0.2, 0.25) is 0 Å². The number of carbonyl (C=O) groups is 1. The molecule has 0 saturated carbocycles. The van der Waals surface area contributed by atoms with E-state index in [1.165, 1.54) is 0 Å². The maximum Gasteiger partial charge on any atom is 0.277 e. The molecule has 0 aliphatic carbocycles. The Morgan fingerprint density at radius 1 is 1.29 bits per heavy atom. The molecule has 0 radical (unpaired) electrons. The number of carbonyl (C=O) groups excluding carboxylic acids is 1. The van der Waals surface area contributed by atoms with Gasteiger partial charge in [-0.25, -0.2) is 5.43 Å². The molecule has 1 amide bonds. The molecule has 0 unspecified atom stereocenters. The van der Waals surface area contributed by atoms with Gasteiger partial charge in [0, 0.05) is 31.6 Å². The van der Waals surface area contributed by atoms with Crippen LogP contribution >= 0.6 is 0 Å². The first-order chi connectivity index (χ1) is 10.2. The van der Waals surface area contributed by atoms with Gasteiger partial charge < -0.3 is 14.4 Å². The van der Waals surface area contributed by atoms with Crippen LogP contribution in [-0.4, -0.2) is 50.4 Å². The van der Waals surface area contributed by atoms with Crippen LogP contribution in [0.2, 0.25) is 0 Å². The molecule has 0 atom stereocenters. The normalized spacial score (nSPS) is 15.4. The van der Waals surface area contributed by atoms with Crippen molar-refractivity contribution in [3.8, 4) is 11.5 Å². The van der Waals surface area contributed by atoms with E-state index in [2.05, 4.69) is 22.5 Å². The predicted molar refractivity (Wildman–Crippen MR) is 80.8 cm³/mol. The summed E-state index contributed by atoms with van der Waals surface area (Å²) in [6.45, 7) is 1.87. The Bertz CT molecular complexity index is 507. The van der Waals surface area contributed by atoms with Gasteiger partial charge in [-0.1, -0.05) is 12.1 Å². The maximum absolute atomic E-state index is 11.7. The first-order valence-electron chi connectivity index (χ1n) is 6.97. The number of nitrogens with zero attached hydrogens (tertiary/aromatic N) is 2. The highest BCUT2D eigenvalue weighted by Gasteiger charge is 2.12. The fourth-order valence-corrected chi connectivity index (χ4v) is 2.04. The molecule has 6 nitrogen and oxygen atoms in total. The topological polar surface area (TPSA) is 63.2 Å². The quantitative estimate of drug-likeness (QED) is 0.830. The lowest BCUT2D eigenvalue weighted by Gasteiger charge is -2.22. The van der Waals surface area contributed by atoms with E-state index < -0.39 is 0 Å². The minimum atomic E-state index is -0.271. The van der Waals surface area contributed by atoms with Crippen LogP contribution < -0.4 is 14.9 Å². The van der Waals surface area contributed by atoms with Gasteiger partial charge in [0.05, 0.1) is 7.11 Å². The van der Waals surface area contributed by atoms with Gasteiger partial charge in [0.15, 0.2) is 18.1 Å². The van der Waals surface area contributed by atoms with E-state index in [-0.39, 0.29) is 12.5 Å². The first kappa shape index (κ1) is 15.3. The van der Waals surface area contributed by atoms with Crippen LogP contribution in [0.1, 0.15) is 12.8 Å². The van der Waals surface area contributed by atoms with E-state index in [0.29, 0.717) is 11.5 Å². The zero-order chi connectivity index (χ0) is 15.1. The molecule has 1 saturated heterocycles. The van der Waals surface area contributed by atoms with Crippen LogP contribution in [-0.2, 0) is 4.79 Å². The largest absolute Gasteiger partial charge is 0.493 e. The van der Waals surface area contributed by atoms with Gasteiger partial charge in [-0.3, -0.25) is 4.79 Å². The van der Waals surface area contributed by atoms with Gasteiger partial charge in [0.1, 0.15) is 0 Å². The lowest BCUT2D eigenvalue weighted by Crippen LogP contribution is -2.32. The van der Waals surface area contributed by atoms with Crippen LogP contribution in [0.5, 0.6) is 11.5 Å². The second-order valence-corrected chi connectivity index (χ2v) is 4.96. The maximum atomic E-state index is 11.7. The average molecular weight is 291 g/mol. The van der Waals surface area contributed by atoms with Crippen LogP contribution in [0.4, 0.5) is 0 Å². The second kappa shape index (κ2) is 7.64. The number of likely N-dealkylation sites (tertiary alicyclic amines) is 1. The summed E-state index contributed by atoms with van der Waals surface area (Å²) >= 11 is 0. The van der Waals surface area contributed by atoms with E-state index in [1.807, 2.05) is 12.1 Å². The van der Waals surface area contributed by atoms with Crippen LogP contribution in [0.3, 0.4) is 0 Å². The zero-order valence-electron chi connectivity index (χ0n) is 12.5. The summed E-state index contributed by atoms with van der Waals surface area (Å²) in [5, 5.41) is 4.15. The average Bonchev–Trinajstić information content (AvgIpc) is 2.52. The van der Waals surface area contributed by atoms with Crippen molar-refractivity contribution < 1.29 is 14.3 Å². The molecule has 0 spiro atoms. The summed E-state index contributed by atoms with van der Waals surface area (Å²) < 4.78 is 10.6. The number of nitrogens with one attached hydrogen (secondary N) is 1. The number of para-hydroxylation sites is 2. The second-order valence-electron chi connectivity index (χ2n) is 4.96. The standard InChI is InChI=1S/C15H21N3O3/c1-18-9-7-12(8-10-18)16-17-15(19)11-21-14-6-4-3-5-13(14)20-2/h3-6H,7-11H2,1-2H3,(H,17,19). The van der Waals surface area contributed by atoms with Gasteiger partial charge >= 0.3 is 0 Å². The SMILES string of the molecule is COc1ccccc1OCC(=O)NN=C1CCN(C)CC1. The molecule has 1 N–H and O–H groups in total. The molecular weight excluding hydrogens is 270 g/mol. The Hall–Kier alpha value is -2.08. The number of amides is 1. The number of methoxy groups -OCH3 is 1. The number of hydrogen-bond acceptors (Lipinski definition) is 5. The summed E-state index contributed by atoms with van der Waals surface area (Å²) in [4.78, 5) is 14.0. The molecule has 0 bridgehead atoms. The molecule has 1 aliphatic heterocycles. The molecule has 1 aliphatic rings. The summed E-state index contributed by atoms with van der Waals surface area (Å²) in [6.07, 6.45) is 1.79. The summed E-state index contributed by atoms with van der Waals surface area (Å²) in [5.41, 5.74) is 3.57. The van der Waals surface area contributed by atoms with Gasteiger partial charge in [0.25, 0.3) is 5.91 Å². The van der Waals surface area contributed by atoms with Crippen molar-refractivity contribution in [2.24, 2.45) is 5.10 Å². The highest BCUT2D eigenvalue weighted by molar-refractivity contribution is 5.87. The van der Waals surface area contributed by atoms with Crippen molar-refractivity contribution in [3.63, 3.8) is 0 Å². The summed E-state index contributed by atoms with van der Waals surface area (Å²) in [5.74, 6) is 0.876. The van der Waals surface area contributed by atoms with Gasteiger partial charge in [-0.05, 0) is 19.2 Å². The minimum Gasteiger partial charge on any atom is -0.493 e. The van der Waals surface area contributed by atoms with Crippen molar-refractivity contribution in [1.82, 2.24) is 10.3 Å². The number of hydrogen-bond donors (Lipinski definition) is 1. The van der Waals surface area contributed by atoms with Gasteiger partial charge in [-0.15, -0.1) is 0 Å². The van der Waals surface area contributed by atoms with Crippen LogP contribution in [0.15, 0.2) is 29.4 Å². The Kier molecular flexibility index (Phi) is 5.57. The Balaban J connectivity index is 1.78. The van der Waals surface area contributed by atoms with E-state index in [9.17, 15) is 4.79 Å². The monoisotopic (exact) mass is 291 g/mol. The molecule has 2 rings (SSSR count). The van der Waals surface area contributed by atoms with Crippen molar-refractivity contribution in [1.29, 1.82) is 0 Å². The Morgan fingerprint density at radius 3 is 2.62 bits per heavy atom. The molecular formula is C15H21N3O3. The number of ether oxygens (including phenoxy) is 2. The summed E-state index contributed by atoms with van der Waals surface area (Å²) in [6, 6.07) is 7.22. The van der Waals surface area contributed by atoms with Crippen molar-refractivity contribution in [2.45, 2.75) is 12.8 Å². The molecule has 0 aromatic heterocycles.